The van der Waals surface area contributed by atoms with E-state index in [1.165, 1.54) is 6.07 Å². The Morgan fingerprint density at radius 2 is 2.20 bits per heavy atom. The van der Waals surface area contributed by atoms with Gasteiger partial charge in [-0.1, -0.05) is 0 Å². The van der Waals surface area contributed by atoms with Crippen molar-refractivity contribution in [2.45, 2.75) is 24.1 Å². The molecule has 0 aliphatic carbocycles. The molecule has 0 radical (unpaired) electrons. The molecule has 1 atom stereocenters. The Kier molecular flexibility index (Phi) is 4.12. The van der Waals surface area contributed by atoms with E-state index in [9.17, 15) is 9.35 Å². The minimum Gasteiger partial charge on any atom is -0.610 e. The zero-order valence-corrected chi connectivity index (χ0v) is 10.6. The van der Waals surface area contributed by atoms with E-state index in [0.717, 1.165) is 0 Å². The van der Waals surface area contributed by atoms with Crippen LogP contribution in [-0.2, 0) is 11.2 Å². The highest BCUT2D eigenvalue weighted by atomic mass is 79.9. The summed E-state index contributed by atoms with van der Waals surface area (Å²) < 4.78 is 12.3. The lowest BCUT2D eigenvalue weighted by atomic mass is 10.4. The van der Waals surface area contributed by atoms with E-state index < -0.39 is 17.1 Å². The molecule has 0 amide bonds. The molecule has 0 saturated carbocycles. The maximum Gasteiger partial charge on any atom is 0.354 e. The summed E-state index contributed by atoms with van der Waals surface area (Å²) in [4.78, 5) is 14.5. The number of carboxylic acid groups (broad SMARTS) is 1. The number of aromatic carboxylic acids is 1. The van der Waals surface area contributed by atoms with Gasteiger partial charge in [0.05, 0.1) is 4.47 Å². The first kappa shape index (κ1) is 12.5. The van der Waals surface area contributed by atoms with Gasteiger partial charge in [-0.3, -0.25) is 0 Å². The first-order valence-electron chi connectivity index (χ1n) is 4.24. The molecule has 0 fully saturated rings. The SMILES string of the molecule is CC(C)[S+]([O-])c1nc(C(=O)O)ccc1Br. The fraction of sp³-hybridized carbons (Fsp3) is 0.333. The zero-order chi connectivity index (χ0) is 11.6. The number of hydrogen-bond acceptors (Lipinski definition) is 3. The summed E-state index contributed by atoms with van der Waals surface area (Å²) in [6.07, 6.45) is 0. The molecule has 0 aliphatic rings. The van der Waals surface area contributed by atoms with E-state index in [2.05, 4.69) is 20.9 Å². The summed E-state index contributed by atoms with van der Waals surface area (Å²) in [6.45, 7) is 3.58. The van der Waals surface area contributed by atoms with Gasteiger partial charge in [-0.2, -0.15) is 4.98 Å². The Hall–Kier alpha value is -0.590. The second-order valence-electron chi connectivity index (χ2n) is 3.13. The van der Waals surface area contributed by atoms with Gasteiger partial charge in [-0.05, 0) is 41.9 Å². The molecular weight excluding hydrogens is 282 g/mol. The first-order valence-corrected chi connectivity index (χ1v) is 6.24. The van der Waals surface area contributed by atoms with E-state index in [1.54, 1.807) is 19.9 Å². The Balaban J connectivity index is 3.16. The molecule has 0 saturated heterocycles. The lowest BCUT2D eigenvalue weighted by Gasteiger charge is -2.14. The molecule has 0 aromatic carbocycles. The summed E-state index contributed by atoms with van der Waals surface area (Å²) in [5.74, 6) is -1.12. The quantitative estimate of drug-likeness (QED) is 0.865. The van der Waals surface area contributed by atoms with Crippen LogP contribution in [-0.4, -0.2) is 25.9 Å². The molecule has 82 valence electrons. The third kappa shape index (κ3) is 2.93. The summed E-state index contributed by atoms with van der Waals surface area (Å²) in [7, 11) is 0. The molecule has 1 aromatic rings. The standard InChI is InChI=1S/C9H10BrNO3S/c1-5(2)15(14)8-6(10)3-4-7(11-8)9(12)13/h3-5H,1-2H3,(H,12,13). The van der Waals surface area contributed by atoms with Crippen molar-refractivity contribution in [3.8, 4) is 0 Å². The molecule has 4 nitrogen and oxygen atoms in total. The third-order valence-electron chi connectivity index (χ3n) is 1.65. The minimum atomic E-state index is -1.29. The zero-order valence-electron chi connectivity index (χ0n) is 8.23. The van der Waals surface area contributed by atoms with Gasteiger partial charge < -0.3 is 9.66 Å². The van der Waals surface area contributed by atoms with E-state index >= 15 is 0 Å². The monoisotopic (exact) mass is 291 g/mol. The van der Waals surface area contributed by atoms with Crippen molar-refractivity contribution in [1.82, 2.24) is 4.98 Å². The largest absolute Gasteiger partial charge is 0.610 e. The van der Waals surface area contributed by atoms with Crippen molar-refractivity contribution >= 4 is 33.1 Å². The van der Waals surface area contributed by atoms with E-state index in [4.69, 9.17) is 5.11 Å². The van der Waals surface area contributed by atoms with Crippen molar-refractivity contribution in [2.75, 3.05) is 0 Å². The van der Waals surface area contributed by atoms with Crippen molar-refractivity contribution in [1.29, 1.82) is 0 Å². The molecule has 0 spiro atoms. The molecule has 6 heteroatoms. The van der Waals surface area contributed by atoms with Gasteiger partial charge in [0.2, 0.25) is 0 Å². The van der Waals surface area contributed by atoms with Gasteiger partial charge >= 0.3 is 5.97 Å². The van der Waals surface area contributed by atoms with Gasteiger partial charge in [0.1, 0.15) is 5.25 Å². The Labute approximate surface area is 99.0 Å². The van der Waals surface area contributed by atoms with Crippen LogP contribution in [0.25, 0.3) is 0 Å². The van der Waals surface area contributed by atoms with Crippen LogP contribution in [0, 0.1) is 0 Å². The highest BCUT2D eigenvalue weighted by Gasteiger charge is 2.22. The highest BCUT2D eigenvalue weighted by molar-refractivity contribution is 9.10. The van der Waals surface area contributed by atoms with E-state index in [-0.39, 0.29) is 16.0 Å². The Bertz CT molecular complexity index is 384. The summed E-state index contributed by atoms with van der Waals surface area (Å²) in [5.41, 5.74) is -0.0952. The van der Waals surface area contributed by atoms with Gasteiger partial charge in [-0.15, -0.1) is 0 Å². The van der Waals surface area contributed by atoms with Gasteiger partial charge in [-0.25, -0.2) is 4.79 Å². The first-order chi connectivity index (χ1) is 6.93. The van der Waals surface area contributed by atoms with E-state index in [0.29, 0.717) is 4.47 Å². The number of halogens is 1. The van der Waals surface area contributed by atoms with Crippen LogP contribution in [0.3, 0.4) is 0 Å². The predicted molar refractivity (Wildman–Crippen MR) is 60.4 cm³/mol. The van der Waals surface area contributed by atoms with Crippen molar-refractivity contribution < 1.29 is 14.5 Å². The molecule has 15 heavy (non-hydrogen) atoms. The second-order valence-corrected chi connectivity index (χ2v) is 5.91. The fourth-order valence-electron chi connectivity index (χ4n) is 0.907. The summed E-state index contributed by atoms with van der Waals surface area (Å²) in [5, 5.41) is 8.93. The number of aromatic nitrogens is 1. The van der Waals surface area contributed by atoms with Crippen molar-refractivity contribution in [3.05, 3.63) is 22.3 Å². The maximum atomic E-state index is 11.8. The van der Waals surface area contributed by atoms with Crippen LogP contribution < -0.4 is 0 Å². The van der Waals surface area contributed by atoms with Gasteiger partial charge in [0, 0.05) is 11.2 Å². The molecule has 1 N–H and O–H groups in total. The molecule has 0 aliphatic heterocycles. The average Bonchev–Trinajstić information content (AvgIpc) is 2.16. The maximum absolute atomic E-state index is 11.8. The third-order valence-corrected chi connectivity index (χ3v) is 4.10. The molecule has 1 aromatic heterocycles. The topological polar surface area (TPSA) is 73.2 Å². The second kappa shape index (κ2) is 4.96. The Morgan fingerprint density at radius 3 is 2.67 bits per heavy atom. The van der Waals surface area contributed by atoms with Crippen molar-refractivity contribution in [3.63, 3.8) is 0 Å². The normalized spacial score (nSPS) is 12.9. The molecule has 0 bridgehead atoms. The van der Waals surface area contributed by atoms with Gasteiger partial charge in [0.25, 0.3) is 5.03 Å². The highest BCUT2D eigenvalue weighted by Crippen LogP contribution is 2.23. The van der Waals surface area contributed by atoms with Crippen LogP contribution in [0.4, 0.5) is 0 Å². The minimum absolute atomic E-state index is 0.0952. The van der Waals surface area contributed by atoms with Crippen LogP contribution in [0.5, 0.6) is 0 Å². The summed E-state index contributed by atoms with van der Waals surface area (Å²) >= 11 is 1.91. The summed E-state index contributed by atoms with van der Waals surface area (Å²) in [6, 6.07) is 2.92. The van der Waals surface area contributed by atoms with E-state index in [1.807, 2.05) is 0 Å². The van der Waals surface area contributed by atoms with Crippen LogP contribution in [0.15, 0.2) is 21.6 Å². The van der Waals surface area contributed by atoms with Crippen LogP contribution >= 0.6 is 15.9 Å². The average molecular weight is 292 g/mol. The van der Waals surface area contributed by atoms with Crippen molar-refractivity contribution in [2.24, 2.45) is 0 Å². The Morgan fingerprint density at radius 1 is 1.60 bits per heavy atom. The lowest BCUT2D eigenvalue weighted by molar-refractivity contribution is 0.0689. The number of carbonyl (C=O) groups is 1. The molecule has 1 rings (SSSR count). The van der Waals surface area contributed by atoms with Crippen LogP contribution in [0.1, 0.15) is 24.3 Å². The number of carboxylic acids is 1. The number of hydrogen-bond donors (Lipinski definition) is 1. The molecule has 1 unspecified atom stereocenters. The number of rotatable bonds is 3. The van der Waals surface area contributed by atoms with Gasteiger partial charge in [0.15, 0.2) is 5.69 Å². The fourth-order valence-corrected chi connectivity index (χ4v) is 2.50. The number of nitrogens with zero attached hydrogens (tertiary/aromatic N) is 1. The van der Waals surface area contributed by atoms with Crippen LogP contribution in [0.2, 0.25) is 0 Å². The molecular formula is C9H10BrNO3S. The molecule has 1 heterocycles. The number of pyridine rings is 1. The lowest BCUT2D eigenvalue weighted by Crippen LogP contribution is -2.17. The smallest absolute Gasteiger partial charge is 0.354 e. The predicted octanol–water partition coefficient (Wildman–Crippen LogP) is 2.06.